The Balaban J connectivity index is 0.000000829. The molecule has 0 unspecified atom stereocenters. The molecule has 0 spiro atoms. The van der Waals surface area contributed by atoms with Crippen LogP contribution in [0.25, 0.3) is 0 Å². The maximum absolute atomic E-state index is 5.75. The number of hydrogen-bond acceptors (Lipinski definition) is 5. The molecule has 0 aliphatic heterocycles. The molecule has 2 N–H and O–H groups in total. The van der Waals surface area contributed by atoms with Crippen LogP contribution in [0.5, 0.6) is 0 Å². The first kappa shape index (κ1) is 18.1. The summed E-state index contributed by atoms with van der Waals surface area (Å²) in [6.45, 7) is 8.00. The summed E-state index contributed by atoms with van der Waals surface area (Å²) >= 11 is 5.75. The summed E-state index contributed by atoms with van der Waals surface area (Å²) in [5.74, 6) is 0.842. The first-order valence-electron chi connectivity index (χ1n) is 6.69. The predicted molar refractivity (Wildman–Crippen MR) is 86.8 cm³/mol. The molecule has 0 saturated heterocycles. The SMILES string of the molecule is CC.CC.CNc1nc(Cl)nc(Nc2ccccc2)n1. The Bertz CT molecular complexity index is 476. The Morgan fingerprint density at radius 3 is 1.95 bits per heavy atom. The molecule has 2 rings (SSSR count). The summed E-state index contributed by atoms with van der Waals surface area (Å²) in [6, 6.07) is 9.60. The van der Waals surface area contributed by atoms with Crippen molar-refractivity contribution in [3.63, 3.8) is 0 Å². The average Bonchev–Trinajstić information content (AvgIpc) is 2.51. The van der Waals surface area contributed by atoms with Gasteiger partial charge in [-0.25, -0.2) is 0 Å². The van der Waals surface area contributed by atoms with Gasteiger partial charge in [0, 0.05) is 12.7 Å². The normalized spacial score (nSPS) is 8.50. The number of nitrogens with one attached hydrogen (secondary N) is 2. The summed E-state index contributed by atoms with van der Waals surface area (Å²) in [7, 11) is 1.72. The number of rotatable bonds is 3. The Hall–Kier alpha value is -1.88. The molecule has 0 aliphatic carbocycles. The first-order chi connectivity index (χ1) is 9.78. The van der Waals surface area contributed by atoms with Crippen LogP contribution in [0.4, 0.5) is 17.6 Å². The van der Waals surface area contributed by atoms with Gasteiger partial charge < -0.3 is 10.6 Å². The van der Waals surface area contributed by atoms with Crippen LogP contribution in [0.3, 0.4) is 0 Å². The van der Waals surface area contributed by atoms with Gasteiger partial charge in [0.25, 0.3) is 0 Å². The summed E-state index contributed by atoms with van der Waals surface area (Å²) in [6.07, 6.45) is 0. The van der Waals surface area contributed by atoms with Crippen molar-refractivity contribution in [3.05, 3.63) is 35.6 Å². The van der Waals surface area contributed by atoms with E-state index in [4.69, 9.17) is 11.6 Å². The third-order valence-corrected chi connectivity index (χ3v) is 2.03. The van der Waals surface area contributed by atoms with Crippen molar-refractivity contribution in [3.8, 4) is 0 Å². The summed E-state index contributed by atoms with van der Waals surface area (Å²) in [5.41, 5.74) is 0.895. The summed E-state index contributed by atoms with van der Waals surface area (Å²) in [5, 5.41) is 5.99. The van der Waals surface area contributed by atoms with Gasteiger partial charge in [-0.15, -0.1) is 0 Å². The molecule has 0 aliphatic rings. The van der Waals surface area contributed by atoms with Gasteiger partial charge in [0.1, 0.15) is 0 Å². The molecular formula is C14H22ClN5. The van der Waals surface area contributed by atoms with Crippen LogP contribution < -0.4 is 10.6 Å². The number of halogens is 1. The quantitative estimate of drug-likeness (QED) is 0.881. The Kier molecular flexibility index (Phi) is 9.96. The molecule has 1 aromatic heterocycles. The highest BCUT2D eigenvalue weighted by Crippen LogP contribution is 2.14. The lowest BCUT2D eigenvalue weighted by atomic mass is 10.3. The zero-order chi connectivity index (χ0) is 15.4. The van der Waals surface area contributed by atoms with Crippen molar-refractivity contribution in [2.45, 2.75) is 27.7 Å². The van der Waals surface area contributed by atoms with Crippen LogP contribution >= 0.6 is 11.6 Å². The summed E-state index contributed by atoms with van der Waals surface area (Å²) in [4.78, 5) is 12.0. The highest BCUT2D eigenvalue weighted by molar-refractivity contribution is 6.28. The van der Waals surface area contributed by atoms with Gasteiger partial charge in [-0.1, -0.05) is 45.9 Å². The minimum Gasteiger partial charge on any atom is -0.357 e. The molecule has 6 heteroatoms. The van der Waals surface area contributed by atoms with Gasteiger partial charge in [-0.3, -0.25) is 0 Å². The van der Waals surface area contributed by atoms with Crippen molar-refractivity contribution in [2.75, 3.05) is 17.7 Å². The third kappa shape index (κ3) is 6.33. The highest BCUT2D eigenvalue weighted by Gasteiger charge is 2.03. The lowest BCUT2D eigenvalue weighted by Gasteiger charge is -2.05. The summed E-state index contributed by atoms with van der Waals surface area (Å²) < 4.78 is 0. The number of benzene rings is 1. The van der Waals surface area contributed by atoms with Crippen LogP contribution in [0, 0.1) is 0 Å². The van der Waals surface area contributed by atoms with E-state index in [9.17, 15) is 0 Å². The third-order valence-electron chi connectivity index (χ3n) is 1.86. The Labute approximate surface area is 125 Å². The zero-order valence-electron chi connectivity index (χ0n) is 12.6. The lowest BCUT2D eigenvalue weighted by Crippen LogP contribution is -2.03. The number of nitrogens with zero attached hydrogens (tertiary/aromatic N) is 3. The lowest BCUT2D eigenvalue weighted by molar-refractivity contribution is 1.05. The molecule has 20 heavy (non-hydrogen) atoms. The topological polar surface area (TPSA) is 62.7 Å². The average molecular weight is 296 g/mol. The van der Waals surface area contributed by atoms with Crippen molar-refractivity contribution < 1.29 is 0 Å². The molecule has 0 radical (unpaired) electrons. The van der Waals surface area contributed by atoms with Gasteiger partial charge in [0.15, 0.2) is 0 Å². The maximum Gasteiger partial charge on any atom is 0.233 e. The van der Waals surface area contributed by atoms with Gasteiger partial charge in [-0.2, -0.15) is 15.0 Å². The van der Waals surface area contributed by atoms with Crippen molar-refractivity contribution in [1.29, 1.82) is 0 Å². The van der Waals surface area contributed by atoms with E-state index in [1.165, 1.54) is 0 Å². The minimum absolute atomic E-state index is 0.151. The van der Waals surface area contributed by atoms with Crippen LogP contribution in [0.1, 0.15) is 27.7 Å². The van der Waals surface area contributed by atoms with Crippen LogP contribution in [-0.2, 0) is 0 Å². The molecule has 0 fully saturated rings. The fraction of sp³-hybridized carbons (Fsp3) is 0.357. The fourth-order valence-electron chi connectivity index (χ4n) is 1.17. The van der Waals surface area contributed by atoms with Crippen LogP contribution in [0.2, 0.25) is 5.28 Å². The Morgan fingerprint density at radius 1 is 0.850 bits per heavy atom. The second-order valence-corrected chi connectivity index (χ2v) is 3.33. The van der Waals surface area contributed by atoms with Gasteiger partial charge in [0.2, 0.25) is 17.2 Å². The maximum atomic E-state index is 5.75. The number of hydrogen-bond donors (Lipinski definition) is 2. The molecule has 0 bridgehead atoms. The predicted octanol–water partition coefficient (Wildman–Crippen LogP) is 4.36. The number of anilines is 3. The molecular weight excluding hydrogens is 274 g/mol. The van der Waals surface area contributed by atoms with E-state index in [0.717, 1.165) is 5.69 Å². The van der Waals surface area contributed by atoms with Crippen molar-refractivity contribution >= 4 is 29.2 Å². The van der Waals surface area contributed by atoms with Gasteiger partial charge >= 0.3 is 0 Å². The highest BCUT2D eigenvalue weighted by atomic mass is 35.5. The molecule has 110 valence electrons. The van der Waals surface area contributed by atoms with E-state index in [0.29, 0.717) is 11.9 Å². The molecule has 0 amide bonds. The fourth-order valence-corrected chi connectivity index (χ4v) is 1.33. The van der Waals surface area contributed by atoms with Gasteiger partial charge in [0.05, 0.1) is 0 Å². The van der Waals surface area contributed by atoms with E-state index in [2.05, 4.69) is 25.6 Å². The van der Waals surface area contributed by atoms with E-state index >= 15 is 0 Å². The van der Waals surface area contributed by atoms with Crippen LogP contribution in [-0.4, -0.2) is 22.0 Å². The first-order valence-corrected chi connectivity index (χ1v) is 7.07. The second kappa shape index (κ2) is 11.0. The number of para-hydroxylation sites is 1. The van der Waals surface area contributed by atoms with Crippen molar-refractivity contribution in [1.82, 2.24) is 15.0 Å². The van der Waals surface area contributed by atoms with E-state index in [-0.39, 0.29) is 5.28 Å². The molecule has 0 atom stereocenters. The molecule has 5 nitrogen and oxygen atoms in total. The second-order valence-electron chi connectivity index (χ2n) is 2.99. The minimum atomic E-state index is 0.151. The smallest absolute Gasteiger partial charge is 0.233 e. The standard InChI is InChI=1S/C10H10ClN5.2C2H6/c1-12-9-14-8(11)15-10(16-9)13-7-5-3-2-4-6-7;2*1-2/h2-6H,1H3,(H2,12,13,14,15,16);2*1-2H3. The number of aromatic nitrogens is 3. The van der Waals surface area contributed by atoms with E-state index in [1.54, 1.807) is 7.05 Å². The monoisotopic (exact) mass is 295 g/mol. The van der Waals surface area contributed by atoms with Crippen molar-refractivity contribution in [2.24, 2.45) is 0 Å². The molecule has 2 aromatic rings. The molecule has 1 heterocycles. The van der Waals surface area contributed by atoms with Gasteiger partial charge in [-0.05, 0) is 23.7 Å². The van der Waals surface area contributed by atoms with E-state index in [1.807, 2.05) is 58.0 Å². The van der Waals surface area contributed by atoms with E-state index < -0.39 is 0 Å². The zero-order valence-corrected chi connectivity index (χ0v) is 13.4. The molecule has 1 aromatic carbocycles. The molecule has 0 saturated carbocycles. The van der Waals surface area contributed by atoms with Crippen LogP contribution in [0.15, 0.2) is 30.3 Å². The Morgan fingerprint density at radius 2 is 1.40 bits per heavy atom. The largest absolute Gasteiger partial charge is 0.357 e.